The minimum absolute atomic E-state index is 0.0801. The second-order valence-electron chi connectivity index (χ2n) is 5.10. The summed E-state index contributed by atoms with van der Waals surface area (Å²) in [5.41, 5.74) is -0.286. The van der Waals surface area contributed by atoms with Gasteiger partial charge in [0.05, 0.1) is 17.9 Å². The van der Waals surface area contributed by atoms with Gasteiger partial charge in [0.1, 0.15) is 0 Å². The number of carbonyl (C=O) groups excluding carboxylic acids is 1. The van der Waals surface area contributed by atoms with Crippen LogP contribution in [-0.2, 0) is 4.79 Å². The summed E-state index contributed by atoms with van der Waals surface area (Å²) in [6.07, 6.45) is 5.27. The first kappa shape index (κ1) is 13.2. The Labute approximate surface area is 107 Å². The van der Waals surface area contributed by atoms with E-state index in [4.69, 9.17) is 0 Å². The van der Waals surface area contributed by atoms with E-state index in [1.54, 1.807) is 11.8 Å². The maximum Gasteiger partial charge on any atom is 0.230 e. The van der Waals surface area contributed by atoms with Crippen LogP contribution in [0.4, 0.5) is 0 Å². The molecule has 0 aromatic heterocycles. The Morgan fingerprint density at radius 2 is 2.12 bits per heavy atom. The molecule has 2 aliphatic rings. The second-order valence-corrected chi connectivity index (χ2v) is 6.39. The molecule has 0 aromatic rings. The number of amides is 1. The number of aliphatic hydroxyl groups excluding tert-OH is 1. The van der Waals surface area contributed by atoms with Crippen LogP contribution in [0, 0.1) is 0 Å². The van der Waals surface area contributed by atoms with Gasteiger partial charge in [0.25, 0.3) is 0 Å². The maximum absolute atomic E-state index is 11.8. The maximum atomic E-state index is 11.8. The Hall–Kier alpha value is -0.260. The lowest BCUT2D eigenvalue weighted by molar-refractivity contribution is -0.122. The molecule has 98 valence electrons. The average molecular weight is 258 g/mol. The Morgan fingerprint density at radius 1 is 1.41 bits per heavy atom. The molecule has 2 fully saturated rings. The average Bonchev–Trinajstić information content (AvgIpc) is 2.33. The molecule has 5 heteroatoms. The van der Waals surface area contributed by atoms with Crippen molar-refractivity contribution in [2.45, 2.75) is 42.9 Å². The molecule has 1 aliphatic heterocycles. The van der Waals surface area contributed by atoms with Crippen LogP contribution in [0.3, 0.4) is 0 Å². The van der Waals surface area contributed by atoms with Gasteiger partial charge in [0, 0.05) is 5.25 Å². The van der Waals surface area contributed by atoms with Crippen molar-refractivity contribution < 1.29 is 9.90 Å². The molecule has 0 radical (unpaired) electrons. The van der Waals surface area contributed by atoms with Gasteiger partial charge in [-0.05, 0) is 45.2 Å². The van der Waals surface area contributed by atoms with Gasteiger partial charge in [0.2, 0.25) is 5.91 Å². The number of carbonyl (C=O) groups is 1. The van der Waals surface area contributed by atoms with Crippen molar-refractivity contribution in [2.24, 2.45) is 0 Å². The van der Waals surface area contributed by atoms with Gasteiger partial charge >= 0.3 is 0 Å². The summed E-state index contributed by atoms with van der Waals surface area (Å²) >= 11 is 1.76. The zero-order valence-corrected chi connectivity index (χ0v) is 11.0. The van der Waals surface area contributed by atoms with Gasteiger partial charge in [-0.1, -0.05) is 0 Å². The molecule has 2 rings (SSSR count). The first-order valence-corrected chi connectivity index (χ1v) is 7.53. The van der Waals surface area contributed by atoms with Gasteiger partial charge in [-0.25, -0.2) is 0 Å². The lowest BCUT2D eigenvalue weighted by Gasteiger charge is -2.41. The van der Waals surface area contributed by atoms with Crippen molar-refractivity contribution in [2.75, 3.05) is 25.4 Å². The van der Waals surface area contributed by atoms with Crippen molar-refractivity contribution in [3.63, 3.8) is 0 Å². The van der Waals surface area contributed by atoms with E-state index in [1.807, 2.05) is 0 Å². The van der Waals surface area contributed by atoms with Crippen molar-refractivity contribution >= 4 is 17.7 Å². The first-order chi connectivity index (χ1) is 8.24. The molecule has 0 unspecified atom stereocenters. The van der Waals surface area contributed by atoms with Crippen molar-refractivity contribution in [3.8, 4) is 0 Å². The fourth-order valence-corrected chi connectivity index (χ4v) is 3.44. The van der Waals surface area contributed by atoms with Gasteiger partial charge in [-0.15, -0.1) is 11.8 Å². The molecule has 4 nitrogen and oxygen atoms in total. The molecule has 1 aliphatic carbocycles. The summed E-state index contributed by atoms with van der Waals surface area (Å²) in [7, 11) is 0. The topological polar surface area (TPSA) is 61.4 Å². The van der Waals surface area contributed by atoms with Crippen LogP contribution in [0.25, 0.3) is 0 Å². The van der Waals surface area contributed by atoms with Crippen LogP contribution in [0.5, 0.6) is 0 Å². The van der Waals surface area contributed by atoms with Gasteiger partial charge in [-0.3, -0.25) is 4.79 Å². The monoisotopic (exact) mass is 258 g/mol. The van der Waals surface area contributed by atoms with Crippen LogP contribution >= 0.6 is 11.8 Å². The molecule has 0 spiro atoms. The number of thioether (sulfide) groups is 1. The minimum Gasteiger partial charge on any atom is -0.394 e. The third-order valence-electron chi connectivity index (χ3n) is 3.75. The molecule has 1 saturated heterocycles. The molecule has 1 amide bonds. The van der Waals surface area contributed by atoms with E-state index in [-0.39, 0.29) is 18.1 Å². The number of piperidine rings is 1. The SMILES string of the molecule is O=C(CSC1CCNCC1)NC1(CO)CCC1. The molecule has 0 atom stereocenters. The van der Waals surface area contributed by atoms with Gasteiger partial charge in [-0.2, -0.15) is 0 Å². The lowest BCUT2D eigenvalue weighted by Crippen LogP contribution is -2.56. The third-order valence-corrected chi connectivity index (χ3v) is 5.13. The summed E-state index contributed by atoms with van der Waals surface area (Å²) in [5, 5.41) is 16.2. The van der Waals surface area contributed by atoms with E-state index in [0.29, 0.717) is 11.0 Å². The summed E-state index contributed by atoms with van der Waals surface area (Å²) < 4.78 is 0. The molecule has 0 aromatic carbocycles. The number of nitrogens with one attached hydrogen (secondary N) is 2. The number of rotatable bonds is 5. The highest BCUT2D eigenvalue weighted by atomic mass is 32.2. The zero-order chi connectivity index (χ0) is 12.1. The number of aliphatic hydroxyl groups is 1. The van der Waals surface area contributed by atoms with Crippen LogP contribution in [-0.4, -0.2) is 47.3 Å². The van der Waals surface area contributed by atoms with Crippen LogP contribution in [0.1, 0.15) is 32.1 Å². The third kappa shape index (κ3) is 3.60. The highest BCUT2D eigenvalue weighted by Gasteiger charge is 2.37. The van der Waals surface area contributed by atoms with Crippen LogP contribution in [0.15, 0.2) is 0 Å². The quantitative estimate of drug-likeness (QED) is 0.672. The smallest absolute Gasteiger partial charge is 0.230 e. The number of hydrogen-bond acceptors (Lipinski definition) is 4. The standard InChI is InChI=1S/C12H22N2O2S/c15-9-12(4-1-5-12)14-11(16)8-17-10-2-6-13-7-3-10/h10,13,15H,1-9H2,(H,14,16). The fourth-order valence-electron chi connectivity index (χ4n) is 2.41. The van der Waals surface area contributed by atoms with Crippen molar-refractivity contribution in [1.82, 2.24) is 10.6 Å². The lowest BCUT2D eigenvalue weighted by atomic mass is 9.77. The summed E-state index contributed by atoms with van der Waals surface area (Å²) in [4.78, 5) is 11.8. The van der Waals surface area contributed by atoms with E-state index in [9.17, 15) is 9.90 Å². The Balaban J connectivity index is 1.66. The fraction of sp³-hybridized carbons (Fsp3) is 0.917. The van der Waals surface area contributed by atoms with E-state index in [1.165, 1.54) is 0 Å². The highest BCUT2D eigenvalue weighted by Crippen LogP contribution is 2.31. The predicted molar refractivity (Wildman–Crippen MR) is 70.2 cm³/mol. The largest absolute Gasteiger partial charge is 0.394 e. The summed E-state index contributed by atoms with van der Waals surface area (Å²) in [5.74, 6) is 0.620. The highest BCUT2D eigenvalue weighted by molar-refractivity contribution is 8.00. The Bertz CT molecular complexity index is 258. The van der Waals surface area contributed by atoms with Gasteiger partial charge in [0.15, 0.2) is 0 Å². The normalized spacial score (nSPS) is 24.1. The number of hydrogen-bond donors (Lipinski definition) is 3. The molecule has 1 saturated carbocycles. The van der Waals surface area contributed by atoms with Crippen LogP contribution in [0.2, 0.25) is 0 Å². The van der Waals surface area contributed by atoms with E-state index >= 15 is 0 Å². The second kappa shape index (κ2) is 6.07. The molecular weight excluding hydrogens is 236 g/mol. The predicted octanol–water partition coefficient (Wildman–Crippen LogP) is 0.503. The first-order valence-electron chi connectivity index (χ1n) is 6.48. The van der Waals surface area contributed by atoms with E-state index in [2.05, 4.69) is 10.6 Å². The summed E-state index contributed by atoms with van der Waals surface area (Å²) in [6.45, 7) is 2.22. The van der Waals surface area contributed by atoms with Crippen molar-refractivity contribution in [1.29, 1.82) is 0 Å². The molecule has 1 heterocycles. The van der Waals surface area contributed by atoms with E-state index < -0.39 is 0 Å². The Kier molecular flexibility index (Phi) is 4.70. The van der Waals surface area contributed by atoms with Crippen molar-refractivity contribution in [3.05, 3.63) is 0 Å². The van der Waals surface area contributed by atoms with Crippen LogP contribution < -0.4 is 10.6 Å². The molecule has 3 N–H and O–H groups in total. The molecular formula is C12H22N2O2S. The van der Waals surface area contributed by atoms with E-state index in [0.717, 1.165) is 45.2 Å². The van der Waals surface area contributed by atoms with Gasteiger partial charge < -0.3 is 15.7 Å². The zero-order valence-electron chi connectivity index (χ0n) is 10.2. The Morgan fingerprint density at radius 3 is 2.65 bits per heavy atom. The molecule has 0 bridgehead atoms. The molecule has 17 heavy (non-hydrogen) atoms. The summed E-state index contributed by atoms with van der Waals surface area (Å²) in [6, 6.07) is 0. The minimum atomic E-state index is -0.286.